The molecule has 1 amide bonds. The molecule has 5 rings (SSSR count). The van der Waals surface area contributed by atoms with Crippen LogP contribution in [0.2, 0.25) is 0 Å². The number of amides is 1. The first-order chi connectivity index (χ1) is 20.6. The average Bonchev–Trinajstić information content (AvgIpc) is 2.99. The van der Waals surface area contributed by atoms with Crippen LogP contribution in [0, 0.1) is 12.4 Å². The van der Waals surface area contributed by atoms with Gasteiger partial charge in [0.2, 0.25) is 11.7 Å². The van der Waals surface area contributed by atoms with Crippen molar-refractivity contribution in [2.24, 2.45) is 0 Å². The van der Waals surface area contributed by atoms with E-state index in [-0.39, 0.29) is 56.6 Å². The second-order valence-corrected chi connectivity index (χ2v) is 11.5. The maximum absolute atomic E-state index is 14.3. The van der Waals surface area contributed by atoms with Crippen LogP contribution >= 0.6 is 0 Å². The summed E-state index contributed by atoms with van der Waals surface area (Å²) >= 11 is 0. The van der Waals surface area contributed by atoms with Gasteiger partial charge in [-0.15, -0.1) is 0 Å². The maximum Gasteiger partial charge on any atom is 0.421 e. The molecule has 2 aliphatic rings. The maximum atomic E-state index is 14.3. The Balaban J connectivity index is 1.40. The van der Waals surface area contributed by atoms with E-state index in [2.05, 4.69) is 14.8 Å². The molecule has 1 saturated heterocycles. The largest absolute Gasteiger partial charge is 0.445 e. The molecular formula is C29H28F4N6O3S. The van der Waals surface area contributed by atoms with Crippen LogP contribution in [0.5, 0.6) is 0 Å². The van der Waals surface area contributed by atoms with E-state index in [1.807, 2.05) is 35.2 Å². The fraction of sp³-hybridized carbons (Fsp3) is 0.379. The van der Waals surface area contributed by atoms with Gasteiger partial charge >= 0.3 is 12.3 Å². The molecule has 226 valence electrons. The summed E-state index contributed by atoms with van der Waals surface area (Å²) in [5.41, 5.74) is 0.266. The summed E-state index contributed by atoms with van der Waals surface area (Å²) in [7, 11) is -1.61. The molecule has 2 aromatic carbocycles. The van der Waals surface area contributed by atoms with Crippen molar-refractivity contribution in [1.29, 1.82) is 0 Å². The number of benzene rings is 2. The molecule has 14 heteroatoms. The third kappa shape index (κ3) is 6.56. The number of carbonyl (C=O) groups excluding carboxylic acids is 1. The number of fused-ring (bicyclic) bond motifs is 1. The molecule has 0 N–H and O–H groups in total. The minimum absolute atomic E-state index is 0.0114. The van der Waals surface area contributed by atoms with Crippen LogP contribution in [0.1, 0.15) is 22.4 Å². The lowest BCUT2D eigenvalue weighted by Crippen LogP contribution is -2.57. The average molecular weight is 617 g/mol. The molecule has 3 heterocycles. The van der Waals surface area contributed by atoms with Crippen molar-refractivity contribution in [2.45, 2.75) is 36.9 Å². The summed E-state index contributed by atoms with van der Waals surface area (Å²) in [5.74, 6) is -0.891. The van der Waals surface area contributed by atoms with Crippen molar-refractivity contribution in [3.05, 3.63) is 88.1 Å². The lowest BCUT2D eigenvalue weighted by atomic mass is 10.0. The zero-order valence-electron chi connectivity index (χ0n) is 23.2. The molecule has 2 atom stereocenters. The molecule has 1 unspecified atom stereocenters. The van der Waals surface area contributed by atoms with Gasteiger partial charge in [-0.25, -0.2) is 25.7 Å². The Labute approximate surface area is 248 Å². The number of alkyl halides is 3. The topological polar surface area (TPSA) is 83.2 Å². The minimum Gasteiger partial charge on any atom is -0.445 e. The molecule has 0 spiro atoms. The van der Waals surface area contributed by atoms with E-state index in [1.165, 1.54) is 28.2 Å². The predicted octanol–water partition coefficient (Wildman–Crippen LogP) is 4.68. The van der Waals surface area contributed by atoms with E-state index >= 15 is 0 Å². The predicted molar refractivity (Wildman–Crippen MR) is 151 cm³/mol. The first-order valence-corrected chi connectivity index (χ1v) is 15.0. The lowest BCUT2D eigenvalue weighted by Gasteiger charge is -2.41. The number of anilines is 2. The van der Waals surface area contributed by atoms with E-state index < -0.39 is 40.5 Å². The van der Waals surface area contributed by atoms with Crippen molar-refractivity contribution in [1.82, 2.24) is 14.9 Å². The van der Waals surface area contributed by atoms with Gasteiger partial charge in [0.25, 0.3) is 0 Å². The highest BCUT2D eigenvalue weighted by Crippen LogP contribution is 2.40. The van der Waals surface area contributed by atoms with E-state index in [0.717, 1.165) is 11.6 Å². The fourth-order valence-corrected chi connectivity index (χ4v) is 5.85. The number of hydrogen-bond acceptors (Lipinski definition) is 7. The van der Waals surface area contributed by atoms with Crippen LogP contribution < -0.4 is 9.80 Å². The highest BCUT2D eigenvalue weighted by molar-refractivity contribution is 7.84. The zero-order chi connectivity index (χ0) is 30.7. The number of hydrogen-bond donors (Lipinski definition) is 0. The van der Waals surface area contributed by atoms with Gasteiger partial charge in [0.15, 0.2) is 0 Å². The van der Waals surface area contributed by atoms with Crippen LogP contribution in [0.25, 0.3) is 4.85 Å². The van der Waals surface area contributed by atoms with Crippen LogP contribution in [0.3, 0.4) is 0 Å². The number of carbonyl (C=O) groups is 1. The molecule has 0 aliphatic carbocycles. The Bertz CT molecular complexity index is 1570. The van der Waals surface area contributed by atoms with Crippen molar-refractivity contribution in [3.63, 3.8) is 0 Å². The van der Waals surface area contributed by atoms with Gasteiger partial charge in [-0.3, -0.25) is 9.11 Å². The molecule has 1 fully saturated rings. The van der Waals surface area contributed by atoms with Gasteiger partial charge in [-0.2, -0.15) is 13.2 Å². The van der Waals surface area contributed by atoms with Gasteiger partial charge in [-0.05, 0) is 24.1 Å². The highest BCUT2D eigenvalue weighted by atomic mass is 32.2. The minimum atomic E-state index is -4.90. The number of rotatable bonds is 6. The quantitative estimate of drug-likeness (QED) is 0.226. The van der Waals surface area contributed by atoms with Crippen molar-refractivity contribution >= 4 is 28.4 Å². The smallest absolute Gasteiger partial charge is 0.421 e. The van der Waals surface area contributed by atoms with Crippen molar-refractivity contribution in [2.75, 3.05) is 48.8 Å². The van der Waals surface area contributed by atoms with E-state index in [0.29, 0.717) is 23.6 Å². The Morgan fingerprint density at radius 1 is 1.09 bits per heavy atom. The number of aromatic nitrogens is 2. The monoisotopic (exact) mass is 616 g/mol. The summed E-state index contributed by atoms with van der Waals surface area (Å²) in [6.07, 6.45) is -3.78. The number of piperazine rings is 1. The van der Waals surface area contributed by atoms with Crippen LogP contribution in [-0.4, -0.2) is 70.2 Å². The van der Waals surface area contributed by atoms with Gasteiger partial charge < -0.3 is 19.4 Å². The summed E-state index contributed by atoms with van der Waals surface area (Å²) in [6, 6.07) is 12.0. The summed E-state index contributed by atoms with van der Waals surface area (Å²) in [4.78, 5) is 30.3. The molecule has 0 saturated carbocycles. The molecule has 9 nitrogen and oxygen atoms in total. The number of nitrogens with zero attached hydrogens (tertiary/aromatic N) is 6. The van der Waals surface area contributed by atoms with Crippen LogP contribution in [0.15, 0.2) is 53.7 Å². The summed E-state index contributed by atoms with van der Waals surface area (Å²) < 4.78 is 73.6. The SMILES string of the molecule is [C-]#[N+]C[C@H]1CN(c2nc(S(C)=O)nc3c2CCN(c2cccc(F)c2C(F)(F)F)C3)CCN1C(=O)OCc1ccccc1. The van der Waals surface area contributed by atoms with Gasteiger partial charge in [0.05, 0.1) is 28.7 Å². The second kappa shape index (κ2) is 12.5. The molecule has 0 radical (unpaired) electrons. The number of ether oxygens (including phenoxy) is 1. The normalized spacial score (nSPS) is 17.7. The Hall–Kier alpha value is -4.25. The summed E-state index contributed by atoms with van der Waals surface area (Å²) in [6.45, 7) is 8.44. The molecule has 43 heavy (non-hydrogen) atoms. The standard InChI is InChI=1S/C29H28F4N6O3S/c1-34-15-20-16-38(13-14-39(20)28(40)42-18-19-7-4-3-5-8-19)26-21-11-12-37(17-23(21)35-27(36-26)43(2)41)24-10-6-9-22(30)25(24)29(31,32)33/h3-10,20H,11-18H2,2H3/t20-,43?/m0/s1. The Morgan fingerprint density at radius 3 is 2.56 bits per heavy atom. The molecule has 1 aromatic heterocycles. The summed E-state index contributed by atoms with van der Waals surface area (Å²) in [5, 5.41) is 0.0114. The van der Waals surface area contributed by atoms with Gasteiger partial charge in [0, 0.05) is 38.0 Å². The van der Waals surface area contributed by atoms with Gasteiger partial charge in [-0.1, -0.05) is 36.4 Å². The van der Waals surface area contributed by atoms with E-state index in [1.54, 1.807) is 0 Å². The second-order valence-electron chi connectivity index (χ2n) is 10.2. The van der Waals surface area contributed by atoms with Crippen molar-refractivity contribution < 1.29 is 31.3 Å². The first kappa shape index (κ1) is 30.2. The van der Waals surface area contributed by atoms with Crippen molar-refractivity contribution in [3.8, 4) is 0 Å². The molecule has 0 bridgehead atoms. The van der Waals surface area contributed by atoms with Crippen LogP contribution in [-0.2, 0) is 41.3 Å². The molecule has 2 aliphatic heterocycles. The molecular weight excluding hydrogens is 588 g/mol. The van der Waals surface area contributed by atoms with E-state index in [9.17, 15) is 26.6 Å². The zero-order valence-corrected chi connectivity index (χ0v) is 24.0. The third-order valence-electron chi connectivity index (χ3n) is 7.42. The highest BCUT2D eigenvalue weighted by Gasteiger charge is 2.40. The molecule has 3 aromatic rings. The van der Waals surface area contributed by atoms with Crippen LogP contribution in [0.4, 0.5) is 33.9 Å². The fourth-order valence-electron chi connectivity index (χ4n) is 5.39. The third-order valence-corrected chi connectivity index (χ3v) is 8.12. The van der Waals surface area contributed by atoms with E-state index in [4.69, 9.17) is 11.3 Å². The lowest BCUT2D eigenvalue weighted by molar-refractivity contribution is -0.139. The Kier molecular flexibility index (Phi) is 8.82. The first-order valence-electron chi connectivity index (χ1n) is 13.5. The number of halogens is 4. The van der Waals surface area contributed by atoms with Gasteiger partial charge in [0.1, 0.15) is 29.8 Å². The Morgan fingerprint density at radius 2 is 1.86 bits per heavy atom.